The fourth-order valence-corrected chi connectivity index (χ4v) is 2.97. The van der Waals surface area contributed by atoms with E-state index in [0.29, 0.717) is 0 Å². The smallest absolute Gasteiger partial charge is 0.161 e. The molecule has 5 heteroatoms. The van der Waals surface area contributed by atoms with Crippen LogP contribution in [0.5, 0.6) is 11.5 Å². The molecular weight excluding hydrogens is 320 g/mol. The van der Waals surface area contributed by atoms with E-state index in [1.165, 1.54) is 5.56 Å². The lowest BCUT2D eigenvalue weighted by molar-refractivity contribution is 0.131. The van der Waals surface area contributed by atoms with Gasteiger partial charge in [-0.1, -0.05) is 22.9 Å². The number of hydrogen-bond acceptors (Lipinski definition) is 4. The SMILES string of the molecule is CCN1CCN(Cc2cc(OC)c(OC)cc2Br)CC1. The molecular formula is C15H23BrN2O2. The second-order valence-electron chi connectivity index (χ2n) is 5.01. The van der Waals surface area contributed by atoms with E-state index in [9.17, 15) is 0 Å². The lowest BCUT2D eigenvalue weighted by atomic mass is 10.1. The molecule has 4 nitrogen and oxygen atoms in total. The van der Waals surface area contributed by atoms with Crippen LogP contribution >= 0.6 is 15.9 Å². The van der Waals surface area contributed by atoms with Crippen LogP contribution in [-0.2, 0) is 6.54 Å². The molecule has 112 valence electrons. The van der Waals surface area contributed by atoms with Gasteiger partial charge in [-0.3, -0.25) is 4.90 Å². The number of rotatable bonds is 5. The van der Waals surface area contributed by atoms with Gasteiger partial charge < -0.3 is 14.4 Å². The highest BCUT2D eigenvalue weighted by Crippen LogP contribution is 2.33. The van der Waals surface area contributed by atoms with E-state index in [0.717, 1.165) is 55.2 Å². The maximum atomic E-state index is 5.38. The molecule has 1 saturated heterocycles. The van der Waals surface area contributed by atoms with E-state index in [1.54, 1.807) is 14.2 Å². The molecule has 1 aromatic carbocycles. The summed E-state index contributed by atoms with van der Waals surface area (Å²) in [7, 11) is 3.34. The third-order valence-electron chi connectivity index (χ3n) is 3.86. The summed E-state index contributed by atoms with van der Waals surface area (Å²) in [6, 6.07) is 4.05. The summed E-state index contributed by atoms with van der Waals surface area (Å²) in [6.45, 7) is 8.86. The van der Waals surface area contributed by atoms with Gasteiger partial charge in [-0.05, 0) is 24.2 Å². The van der Waals surface area contributed by atoms with E-state index < -0.39 is 0 Å². The van der Waals surface area contributed by atoms with Crippen LogP contribution in [0.2, 0.25) is 0 Å². The predicted octanol–water partition coefficient (Wildman–Crippen LogP) is 2.60. The van der Waals surface area contributed by atoms with Crippen molar-refractivity contribution in [1.82, 2.24) is 9.80 Å². The molecule has 0 unspecified atom stereocenters. The molecule has 0 amide bonds. The third kappa shape index (κ3) is 3.65. The average molecular weight is 343 g/mol. The van der Waals surface area contributed by atoms with Crippen molar-refractivity contribution >= 4 is 15.9 Å². The summed E-state index contributed by atoms with van der Waals surface area (Å²) in [6.07, 6.45) is 0. The number of ether oxygens (including phenoxy) is 2. The maximum Gasteiger partial charge on any atom is 0.161 e. The summed E-state index contributed by atoms with van der Waals surface area (Å²) in [5.41, 5.74) is 1.24. The molecule has 0 bridgehead atoms. The van der Waals surface area contributed by atoms with Gasteiger partial charge in [-0.2, -0.15) is 0 Å². The molecule has 1 fully saturated rings. The Morgan fingerprint density at radius 3 is 2.10 bits per heavy atom. The highest BCUT2D eigenvalue weighted by molar-refractivity contribution is 9.10. The van der Waals surface area contributed by atoms with Gasteiger partial charge in [0.2, 0.25) is 0 Å². The van der Waals surface area contributed by atoms with Gasteiger partial charge in [0.25, 0.3) is 0 Å². The zero-order chi connectivity index (χ0) is 14.5. The number of benzene rings is 1. The third-order valence-corrected chi connectivity index (χ3v) is 4.60. The van der Waals surface area contributed by atoms with Crippen LogP contribution in [0.4, 0.5) is 0 Å². The van der Waals surface area contributed by atoms with Crippen molar-refractivity contribution in [2.24, 2.45) is 0 Å². The number of likely N-dealkylation sites (N-methyl/N-ethyl adjacent to an activating group) is 1. The maximum absolute atomic E-state index is 5.38. The van der Waals surface area contributed by atoms with Crippen LogP contribution in [0.1, 0.15) is 12.5 Å². The van der Waals surface area contributed by atoms with Crippen molar-refractivity contribution in [1.29, 1.82) is 0 Å². The van der Waals surface area contributed by atoms with Crippen molar-refractivity contribution in [3.8, 4) is 11.5 Å². The van der Waals surface area contributed by atoms with E-state index in [2.05, 4.69) is 38.7 Å². The molecule has 0 radical (unpaired) electrons. The van der Waals surface area contributed by atoms with Gasteiger partial charge in [0.05, 0.1) is 14.2 Å². The number of halogens is 1. The lowest BCUT2D eigenvalue weighted by Gasteiger charge is -2.34. The molecule has 1 aliphatic heterocycles. The summed E-state index contributed by atoms with van der Waals surface area (Å²) in [5.74, 6) is 1.55. The van der Waals surface area contributed by atoms with E-state index in [1.807, 2.05) is 6.07 Å². The first-order valence-electron chi connectivity index (χ1n) is 7.03. The first-order valence-corrected chi connectivity index (χ1v) is 7.82. The van der Waals surface area contributed by atoms with E-state index in [-0.39, 0.29) is 0 Å². The average Bonchev–Trinajstić information content (AvgIpc) is 2.49. The van der Waals surface area contributed by atoms with Crippen LogP contribution in [-0.4, -0.2) is 56.7 Å². The van der Waals surface area contributed by atoms with Crippen molar-refractivity contribution in [3.05, 3.63) is 22.2 Å². The molecule has 0 aromatic heterocycles. The summed E-state index contributed by atoms with van der Waals surface area (Å²) in [5, 5.41) is 0. The molecule has 1 aromatic rings. The Balaban J connectivity index is 2.06. The Bertz CT molecular complexity index is 446. The van der Waals surface area contributed by atoms with Crippen molar-refractivity contribution < 1.29 is 9.47 Å². The Kier molecular flexibility index (Phi) is 5.69. The van der Waals surface area contributed by atoms with Crippen molar-refractivity contribution in [3.63, 3.8) is 0 Å². The molecule has 2 rings (SSSR count). The fourth-order valence-electron chi connectivity index (χ4n) is 2.52. The summed E-state index contributed by atoms with van der Waals surface area (Å²) >= 11 is 3.63. The van der Waals surface area contributed by atoms with Gasteiger partial charge in [0.15, 0.2) is 11.5 Å². The molecule has 1 aliphatic rings. The zero-order valence-corrected chi connectivity index (χ0v) is 14.1. The van der Waals surface area contributed by atoms with Crippen molar-refractivity contribution in [2.45, 2.75) is 13.5 Å². The number of hydrogen-bond donors (Lipinski definition) is 0. The summed E-state index contributed by atoms with van der Waals surface area (Å²) in [4.78, 5) is 4.97. The molecule has 0 atom stereocenters. The Hall–Kier alpha value is -0.780. The van der Waals surface area contributed by atoms with Crippen LogP contribution in [0.15, 0.2) is 16.6 Å². The molecule has 0 aliphatic carbocycles. The van der Waals surface area contributed by atoms with Crippen LogP contribution in [0.25, 0.3) is 0 Å². The van der Waals surface area contributed by atoms with Crippen molar-refractivity contribution in [2.75, 3.05) is 46.9 Å². The van der Waals surface area contributed by atoms with Gasteiger partial charge in [0, 0.05) is 37.2 Å². The zero-order valence-electron chi connectivity index (χ0n) is 12.5. The molecule has 0 saturated carbocycles. The first kappa shape index (κ1) is 15.6. The largest absolute Gasteiger partial charge is 0.493 e. The highest BCUT2D eigenvalue weighted by atomic mass is 79.9. The number of methoxy groups -OCH3 is 2. The fraction of sp³-hybridized carbons (Fsp3) is 0.600. The van der Waals surface area contributed by atoms with Gasteiger partial charge in [-0.15, -0.1) is 0 Å². The van der Waals surface area contributed by atoms with Gasteiger partial charge in [0.1, 0.15) is 0 Å². The quantitative estimate of drug-likeness (QED) is 0.821. The van der Waals surface area contributed by atoms with Gasteiger partial charge >= 0.3 is 0 Å². The van der Waals surface area contributed by atoms with Gasteiger partial charge in [-0.25, -0.2) is 0 Å². The number of piperazine rings is 1. The second-order valence-corrected chi connectivity index (χ2v) is 5.86. The van der Waals surface area contributed by atoms with E-state index >= 15 is 0 Å². The monoisotopic (exact) mass is 342 g/mol. The topological polar surface area (TPSA) is 24.9 Å². The standard InChI is InChI=1S/C15H23BrN2O2/c1-4-17-5-7-18(8-6-17)11-12-9-14(19-2)15(20-3)10-13(12)16/h9-10H,4-8,11H2,1-3H3. The lowest BCUT2D eigenvalue weighted by Crippen LogP contribution is -2.45. The van der Waals surface area contributed by atoms with Crippen LogP contribution in [0, 0.1) is 0 Å². The molecule has 0 spiro atoms. The predicted molar refractivity (Wildman–Crippen MR) is 84.6 cm³/mol. The minimum Gasteiger partial charge on any atom is -0.493 e. The molecule has 20 heavy (non-hydrogen) atoms. The minimum absolute atomic E-state index is 0.763. The van der Waals surface area contributed by atoms with E-state index in [4.69, 9.17) is 9.47 Å². The van der Waals surface area contributed by atoms with Crippen LogP contribution < -0.4 is 9.47 Å². The summed E-state index contributed by atoms with van der Waals surface area (Å²) < 4.78 is 11.8. The second kappa shape index (κ2) is 7.29. The minimum atomic E-state index is 0.763. The normalized spacial score (nSPS) is 17.2. The Morgan fingerprint density at radius 2 is 1.55 bits per heavy atom. The Morgan fingerprint density at radius 1 is 1.00 bits per heavy atom. The highest BCUT2D eigenvalue weighted by Gasteiger charge is 2.17. The Labute approximate surface area is 129 Å². The van der Waals surface area contributed by atoms with Crippen LogP contribution in [0.3, 0.4) is 0 Å². The molecule has 1 heterocycles. The first-order chi connectivity index (χ1) is 9.67. The number of nitrogens with zero attached hydrogens (tertiary/aromatic N) is 2. The molecule has 0 N–H and O–H groups in total.